The zero-order valence-electron chi connectivity index (χ0n) is 11.5. The van der Waals surface area contributed by atoms with Gasteiger partial charge in [-0.2, -0.15) is 0 Å². The molecule has 1 aromatic rings. The summed E-state index contributed by atoms with van der Waals surface area (Å²) in [5.41, 5.74) is 0.0707. The number of ether oxygens (including phenoxy) is 1. The van der Waals surface area contributed by atoms with Crippen LogP contribution in [0, 0.1) is 23.0 Å². The van der Waals surface area contributed by atoms with Crippen molar-refractivity contribution in [3.63, 3.8) is 0 Å². The average molecular weight is 334 g/mol. The topological polar surface area (TPSA) is 86.5 Å². The van der Waals surface area contributed by atoms with E-state index in [1.54, 1.807) is 6.92 Å². The summed E-state index contributed by atoms with van der Waals surface area (Å²) in [5, 5.41) is 10.8. The highest BCUT2D eigenvalue weighted by Crippen LogP contribution is 2.35. The molecule has 2 rings (SSSR count). The molecule has 0 saturated heterocycles. The van der Waals surface area contributed by atoms with E-state index in [-0.39, 0.29) is 16.3 Å². The smallest absolute Gasteiger partial charge is 0.271 e. The van der Waals surface area contributed by atoms with Gasteiger partial charge < -0.3 is 4.74 Å². The molecule has 0 heterocycles. The first-order chi connectivity index (χ1) is 9.79. The molecule has 1 saturated carbocycles. The van der Waals surface area contributed by atoms with Crippen molar-refractivity contribution >= 4 is 25.4 Å². The molecule has 0 bridgehead atoms. The maximum atomic E-state index is 11.6. The quantitative estimate of drug-likeness (QED) is 0.468. The van der Waals surface area contributed by atoms with Crippen LogP contribution < -0.4 is 4.74 Å². The Morgan fingerprint density at radius 2 is 2.00 bits per heavy atom. The van der Waals surface area contributed by atoms with Crippen LogP contribution in [0.2, 0.25) is 0 Å². The molecular weight excluding hydrogens is 318 g/mol. The third kappa shape index (κ3) is 3.85. The van der Waals surface area contributed by atoms with Gasteiger partial charge in [0.1, 0.15) is 10.6 Å². The van der Waals surface area contributed by atoms with Crippen molar-refractivity contribution in [3.8, 4) is 5.75 Å². The van der Waals surface area contributed by atoms with E-state index in [0.29, 0.717) is 18.1 Å². The molecule has 1 aromatic carbocycles. The molecule has 0 atom stereocenters. The SMILES string of the molecule is Cc1cc([N+](=O)[O-])cc(S(=O)(=O)Cl)c1OCC1CCCC1. The fourth-order valence-electron chi connectivity index (χ4n) is 2.57. The highest BCUT2D eigenvalue weighted by Gasteiger charge is 2.25. The van der Waals surface area contributed by atoms with E-state index in [4.69, 9.17) is 15.4 Å². The van der Waals surface area contributed by atoms with Gasteiger partial charge in [0.2, 0.25) is 0 Å². The van der Waals surface area contributed by atoms with Crippen molar-refractivity contribution < 1.29 is 18.1 Å². The van der Waals surface area contributed by atoms with Crippen molar-refractivity contribution in [2.75, 3.05) is 6.61 Å². The molecule has 0 N–H and O–H groups in total. The number of nitrogens with zero attached hydrogens (tertiary/aromatic N) is 1. The second-order valence-electron chi connectivity index (χ2n) is 5.25. The zero-order chi connectivity index (χ0) is 15.6. The summed E-state index contributed by atoms with van der Waals surface area (Å²) in [6.07, 6.45) is 4.39. The van der Waals surface area contributed by atoms with Gasteiger partial charge in [0.15, 0.2) is 0 Å². The Labute approximate surface area is 127 Å². The molecular formula is C13H16ClNO5S. The summed E-state index contributed by atoms with van der Waals surface area (Å²) in [5.74, 6) is 0.507. The average Bonchev–Trinajstić information content (AvgIpc) is 2.88. The Balaban J connectivity index is 2.35. The zero-order valence-corrected chi connectivity index (χ0v) is 13.1. The highest BCUT2D eigenvalue weighted by atomic mass is 35.7. The first-order valence-corrected chi connectivity index (χ1v) is 8.96. The van der Waals surface area contributed by atoms with Gasteiger partial charge in [0, 0.05) is 22.8 Å². The number of nitro groups is 1. The van der Waals surface area contributed by atoms with Gasteiger partial charge >= 0.3 is 0 Å². The van der Waals surface area contributed by atoms with Crippen LogP contribution in [0.25, 0.3) is 0 Å². The fraction of sp³-hybridized carbons (Fsp3) is 0.538. The number of hydrogen-bond acceptors (Lipinski definition) is 5. The summed E-state index contributed by atoms with van der Waals surface area (Å²) < 4.78 is 28.9. The molecule has 0 unspecified atom stereocenters. The van der Waals surface area contributed by atoms with E-state index >= 15 is 0 Å². The molecule has 1 fully saturated rings. The number of hydrogen-bond donors (Lipinski definition) is 0. The van der Waals surface area contributed by atoms with Gasteiger partial charge in [-0.3, -0.25) is 10.1 Å². The molecule has 6 nitrogen and oxygen atoms in total. The van der Waals surface area contributed by atoms with Crippen molar-refractivity contribution in [1.29, 1.82) is 0 Å². The van der Waals surface area contributed by atoms with Crippen molar-refractivity contribution in [2.24, 2.45) is 5.92 Å². The monoisotopic (exact) mass is 333 g/mol. The summed E-state index contributed by atoms with van der Waals surface area (Å²) in [6, 6.07) is 2.23. The molecule has 0 aliphatic heterocycles. The molecule has 0 aromatic heterocycles. The maximum Gasteiger partial charge on any atom is 0.271 e. The summed E-state index contributed by atoms with van der Waals surface area (Å²) in [7, 11) is 1.26. The molecule has 0 spiro atoms. The van der Waals surface area contributed by atoms with Crippen LogP contribution in [-0.2, 0) is 9.05 Å². The summed E-state index contributed by atoms with van der Waals surface area (Å²) in [6.45, 7) is 1.97. The molecule has 116 valence electrons. The van der Waals surface area contributed by atoms with E-state index in [1.165, 1.54) is 6.07 Å². The van der Waals surface area contributed by atoms with Gasteiger partial charge in [-0.25, -0.2) is 8.42 Å². The lowest BCUT2D eigenvalue weighted by Crippen LogP contribution is -2.11. The first-order valence-electron chi connectivity index (χ1n) is 6.65. The molecule has 8 heteroatoms. The van der Waals surface area contributed by atoms with E-state index < -0.39 is 14.0 Å². The Morgan fingerprint density at radius 3 is 2.52 bits per heavy atom. The van der Waals surface area contributed by atoms with Gasteiger partial charge in [-0.15, -0.1) is 0 Å². The van der Waals surface area contributed by atoms with Crippen molar-refractivity contribution in [3.05, 3.63) is 27.8 Å². The predicted octanol–water partition coefficient (Wildman–Crippen LogP) is 3.40. The number of aryl methyl sites for hydroxylation is 1. The van der Waals surface area contributed by atoms with Gasteiger partial charge in [0.25, 0.3) is 14.7 Å². The number of halogens is 1. The van der Waals surface area contributed by atoms with Crippen molar-refractivity contribution in [2.45, 2.75) is 37.5 Å². The van der Waals surface area contributed by atoms with Crippen LogP contribution >= 0.6 is 10.7 Å². The van der Waals surface area contributed by atoms with Crippen LogP contribution in [0.1, 0.15) is 31.2 Å². The molecule has 1 aliphatic rings. The third-order valence-corrected chi connectivity index (χ3v) is 4.96. The van der Waals surface area contributed by atoms with Crippen LogP contribution in [0.4, 0.5) is 5.69 Å². The molecule has 21 heavy (non-hydrogen) atoms. The molecule has 0 amide bonds. The standard InChI is InChI=1S/C13H16ClNO5S/c1-9-6-11(15(16)17)7-12(21(14,18)19)13(9)20-8-10-4-2-3-5-10/h6-7,10H,2-5,8H2,1H3. The lowest BCUT2D eigenvalue weighted by Gasteiger charge is -2.15. The third-order valence-electron chi connectivity index (χ3n) is 3.64. The highest BCUT2D eigenvalue weighted by molar-refractivity contribution is 8.13. The lowest BCUT2D eigenvalue weighted by molar-refractivity contribution is -0.385. The van der Waals surface area contributed by atoms with Gasteiger partial charge in [-0.05, 0) is 31.2 Å². The van der Waals surface area contributed by atoms with E-state index in [9.17, 15) is 18.5 Å². The minimum absolute atomic E-state index is 0.113. The van der Waals surface area contributed by atoms with Crippen LogP contribution in [0.3, 0.4) is 0 Å². The van der Waals surface area contributed by atoms with Crippen LogP contribution in [0.15, 0.2) is 17.0 Å². The van der Waals surface area contributed by atoms with Gasteiger partial charge in [-0.1, -0.05) is 12.8 Å². The Morgan fingerprint density at radius 1 is 1.38 bits per heavy atom. The van der Waals surface area contributed by atoms with E-state index in [2.05, 4.69) is 0 Å². The number of rotatable bonds is 5. The van der Waals surface area contributed by atoms with Crippen molar-refractivity contribution in [1.82, 2.24) is 0 Å². The lowest BCUT2D eigenvalue weighted by atomic mass is 10.1. The predicted molar refractivity (Wildman–Crippen MR) is 78.3 cm³/mol. The minimum atomic E-state index is -4.11. The normalized spacial score (nSPS) is 16.1. The second kappa shape index (κ2) is 6.19. The molecule has 0 radical (unpaired) electrons. The first kappa shape index (κ1) is 16.0. The van der Waals surface area contributed by atoms with Gasteiger partial charge in [0.05, 0.1) is 11.5 Å². The minimum Gasteiger partial charge on any atom is -0.492 e. The molecule has 1 aliphatic carbocycles. The van der Waals surface area contributed by atoms with E-state index in [1.807, 2.05) is 0 Å². The fourth-order valence-corrected chi connectivity index (χ4v) is 3.62. The van der Waals surface area contributed by atoms with Crippen LogP contribution in [0.5, 0.6) is 5.75 Å². The number of non-ortho nitro benzene ring substituents is 1. The largest absolute Gasteiger partial charge is 0.492 e. The second-order valence-corrected chi connectivity index (χ2v) is 7.78. The Kier molecular flexibility index (Phi) is 4.73. The van der Waals surface area contributed by atoms with E-state index in [0.717, 1.165) is 31.7 Å². The number of benzene rings is 1. The Bertz CT molecular complexity index is 653. The maximum absolute atomic E-state index is 11.6. The Hall–Kier alpha value is -1.34. The van der Waals surface area contributed by atoms with Crippen LogP contribution in [-0.4, -0.2) is 19.9 Å². The summed E-state index contributed by atoms with van der Waals surface area (Å²) in [4.78, 5) is 9.85. The summed E-state index contributed by atoms with van der Waals surface area (Å²) >= 11 is 0. The number of nitro benzene ring substituents is 1.